The molecule has 3 rings (SSSR count). The Morgan fingerprint density at radius 1 is 1.18 bits per heavy atom. The van der Waals surface area contributed by atoms with E-state index in [4.69, 9.17) is 32.1 Å². The first-order valence-electron chi connectivity index (χ1n) is 10.5. The van der Waals surface area contributed by atoms with Crippen molar-refractivity contribution in [1.82, 2.24) is 0 Å². The Morgan fingerprint density at radius 3 is 2.37 bits per heavy atom. The Bertz CT molecular complexity index is 1570. The van der Waals surface area contributed by atoms with E-state index in [1.807, 2.05) is 0 Å². The summed E-state index contributed by atoms with van der Waals surface area (Å²) in [6.45, 7) is 1.84. The molecule has 3 aromatic rings. The fourth-order valence-corrected chi connectivity index (χ4v) is 5.24. The fourth-order valence-electron chi connectivity index (χ4n) is 3.04. The van der Waals surface area contributed by atoms with Crippen LogP contribution in [0.2, 0.25) is 10.0 Å². The topological polar surface area (TPSA) is 149 Å². The fraction of sp³-hybridized carbons (Fsp3) is 0.0833. The third-order valence-electron chi connectivity index (χ3n) is 4.71. The molecule has 0 saturated carbocycles. The number of non-ortho nitro benzene ring substituents is 1. The average Bonchev–Trinajstić information content (AvgIpc) is 2.87. The highest BCUT2D eigenvalue weighted by atomic mass is 79.9. The van der Waals surface area contributed by atoms with Crippen molar-refractivity contribution < 1.29 is 27.1 Å². The van der Waals surface area contributed by atoms with Crippen LogP contribution in [0.1, 0.15) is 12.5 Å². The molecule has 14 heteroatoms. The Balaban J connectivity index is 1.95. The number of nitrogens with zero attached hydrogens (tertiary/aromatic N) is 2. The van der Waals surface area contributed by atoms with Crippen LogP contribution in [0.4, 0.5) is 11.4 Å². The largest absolute Gasteiger partial charge is 0.490 e. The summed E-state index contributed by atoms with van der Waals surface area (Å²) in [5.74, 6) is -0.988. The molecule has 196 valence electrons. The lowest BCUT2D eigenvalue weighted by atomic mass is 10.1. The van der Waals surface area contributed by atoms with Crippen LogP contribution in [-0.4, -0.2) is 25.9 Å². The van der Waals surface area contributed by atoms with Crippen LogP contribution in [0.3, 0.4) is 0 Å². The first-order chi connectivity index (χ1) is 18.0. The van der Waals surface area contributed by atoms with Crippen molar-refractivity contribution in [3.63, 3.8) is 0 Å². The van der Waals surface area contributed by atoms with E-state index in [1.54, 1.807) is 31.2 Å². The molecule has 38 heavy (non-hydrogen) atoms. The number of carbonyl (C=O) groups excluding carboxylic acids is 1. The van der Waals surface area contributed by atoms with Crippen LogP contribution in [0, 0.1) is 21.4 Å². The second-order valence-corrected chi connectivity index (χ2v) is 10.5. The molecule has 0 aliphatic rings. The minimum absolute atomic E-state index is 0.0341. The number of ether oxygens (including phenoxy) is 1. The highest BCUT2D eigenvalue weighted by Gasteiger charge is 2.23. The van der Waals surface area contributed by atoms with Gasteiger partial charge in [-0.2, -0.15) is 13.7 Å². The lowest BCUT2D eigenvalue weighted by molar-refractivity contribution is -0.384. The molecule has 0 saturated heterocycles. The predicted molar refractivity (Wildman–Crippen MR) is 145 cm³/mol. The maximum atomic E-state index is 12.8. The van der Waals surface area contributed by atoms with E-state index in [0.717, 1.165) is 12.1 Å². The Hall–Kier alpha value is -3.63. The SMILES string of the molecule is CCOc1cc(/C=C(\C#N)C(=O)Nc2c(Cl)cc([N+](=O)[O-])cc2Cl)cc(Br)c1OS(=O)(=O)c1ccccc1. The zero-order valence-corrected chi connectivity index (χ0v) is 23.2. The van der Waals surface area contributed by atoms with Gasteiger partial charge in [-0.05, 0) is 58.8 Å². The maximum absolute atomic E-state index is 12.8. The Kier molecular flexibility index (Phi) is 9.35. The van der Waals surface area contributed by atoms with Gasteiger partial charge in [0.1, 0.15) is 16.5 Å². The summed E-state index contributed by atoms with van der Waals surface area (Å²) in [5.41, 5.74) is -0.581. The van der Waals surface area contributed by atoms with Gasteiger partial charge in [0.15, 0.2) is 11.5 Å². The molecule has 0 unspecified atom stereocenters. The molecule has 0 aromatic heterocycles. The van der Waals surface area contributed by atoms with Gasteiger partial charge in [-0.1, -0.05) is 41.4 Å². The molecule has 0 radical (unpaired) electrons. The zero-order chi connectivity index (χ0) is 28.0. The molecule has 0 atom stereocenters. The van der Waals surface area contributed by atoms with Gasteiger partial charge in [-0.15, -0.1) is 0 Å². The molecule has 0 aliphatic heterocycles. The number of benzene rings is 3. The molecule has 1 amide bonds. The number of amides is 1. The normalized spacial score (nSPS) is 11.4. The van der Waals surface area contributed by atoms with Gasteiger partial charge >= 0.3 is 10.1 Å². The van der Waals surface area contributed by atoms with Gasteiger partial charge in [-0.3, -0.25) is 14.9 Å². The van der Waals surface area contributed by atoms with Gasteiger partial charge in [-0.25, -0.2) is 0 Å². The van der Waals surface area contributed by atoms with Gasteiger partial charge in [0.05, 0.1) is 31.7 Å². The molecule has 3 aromatic carbocycles. The summed E-state index contributed by atoms with van der Waals surface area (Å²) in [6, 6.07) is 14.1. The molecule has 1 N–H and O–H groups in total. The third kappa shape index (κ3) is 6.81. The van der Waals surface area contributed by atoms with Crippen molar-refractivity contribution in [2.45, 2.75) is 11.8 Å². The molecule has 0 spiro atoms. The van der Waals surface area contributed by atoms with Crippen molar-refractivity contribution in [1.29, 1.82) is 5.26 Å². The molecule has 0 bridgehead atoms. The molecular weight excluding hydrogens is 625 g/mol. The minimum Gasteiger partial charge on any atom is -0.490 e. The number of nitrogens with one attached hydrogen (secondary N) is 1. The second-order valence-electron chi connectivity index (χ2n) is 7.28. The van der Waals surface area contributed by atoms with Crippen molar-refractivity contribution in [3.8, 4) is 17.6 Å². The summed E-state index contributed by atoms with van der Waals surface area (Å²) >= 11 is 15.3. The van der Waals surface area contributed by atoms with Crippen LogP contribution >= 0.6 is 39.1 Å². The van der Waals surface area contributed by atoms with E-state index >= 15 is 0 Å². The van der Waals surface area contributed by atoms with Crippen molar-refractivity contribution in [2.75, 3.05) is 11.9 Å². The van der Waals surface area contributed by atoms with E-state index in [9.17, 15) is 28.6 Å². The summed E-state index contributed by atoms with van der Waals surface area (Å²) in [5, 5.41) is 22.5. The van der Waals surface area contributed by atoms with Crippen molar-refractivity contribution in [3.05, 3.63) is 90.4 Å². The van der Waals surface area contributed by atoms with Crippen LogP contribution in [0.15, 0.2) is 69.5 Å². The Morgan fingerprint density at radius 2 is 1.82 bits per heavy atom. The number of carbonyl (C=O) groups is 1. The maximum Gasteiger partial charge on any atom is 0.339 e. The smallest absolute Gasteiger partial charge is 0.339 e. The van der Waals surface area contributed by atoms with Crippen LogP contribution < -0.4 is 14.2 Å². The zero-order valence-electron chi connectivity index (χ0n) is 19.3. The van der Waals surface area contributed by atoms with E-state index < -0.39 is 20.9 Å². The summed E-state index contributed by atoms with van der Waals surface area (Å²) in [7, 11) is -4.19. The van der Waals surface area contributed by atoms with E-state index in [1.165, 1.54) is 30.3 Å². The van der Waals surface area contributed by atoms with E-state index in [-0.39, 0.29) is 60.0 Å². The monoisotopic (exact) mass is 639 g/mol. The first kappa shape index (κ1) is 28.9. The van der Waals surface area contributed by atoms with Gasteiger partial charge in [0.25, 0.3) is 11.6 Å². The summed E-state index contributed by atoms with van der Waals surface area (Å²) in [4.78, 5) is 23.0. The first-order valence-corrected chi connectivity index (χ1v) is 13.4. The van der Waals surface area contributed by atoms with Crippen LogP contribution in [0.5, 0.6) is 11.5 Å². The number of halogens is 3. The summed E-state index contributed by atoms with van der Waals surface area (Å²) in [6.07, 6.45) is 1.21. The van der Waals surface area contributed by atoms with Gasteiger partial charge in [0, 0.05) is 12.1 Å². The highest BCUT2D eigenvalue weighted by molar-refractivity contribution is 9.10. The van der Waals surface area contributed by atoms with E-state index in [2.05, 4.69) is 21.2 Å². The minimum atomic E-state index is -4.19. The lowest BCUT2D eigenvalue weighted by Gasteiger charge is -2.15. The van der Waals surface area contributed by atoms with Gasteiger partial charge < -0.3 is 14.2 Å². The highest BCUT2D eigenvalue weighted by Crippen LogP contribution is 2.39. The summed E-state index contributed by atoms with van der Waals surface area (Å²) < 4.78 is 36.5. The number of nitro groups is 1. The Labute approximate surface area is 235 Å². The van der Waals surface area contributed by atoms with Crippen molar-refractivity contribution >= 4 is 72.6 Å². The van der Waals surface area contributed by atoms with E-state index in [0.29, 0.717) is 0 Å². The van der Waals surface area contributed by atoms with Crippen molar-refractivity contribution in [2.24, 2.45) is 0 Å². The third-order valence-corrected chi connectivity index (χ3v) is 7.13. The average molecular weight is 641 g/mol. The lowest BCUT2D eigenvalue weighted by Crippen LogP contribution is -2.14. The number of nitriles is 1. The number of rotatable bonds is 9. The van der Waals surface area contributed by atoms with Crippen LogP contribution in [0.25, 0.3) is 6.08 Å². The number of anilines is 1. The van der Waals surface area contributed by atoms with Gasteiger partial charge in [0.2, 0.25) is 0 Å². The standard InChI is InChI=1S/C24H16BrCl2N3O7S/c1-2-36-21-10-14(9-18(25)23(21)37-38(34,35)17-6-4-3-5-7-17)8-15(13-28)24(31)29-22-19(26)11-16(30(32)33)12-20(22)27/h3-12H,2H2,1H3,(H,29,31)/b15-8+. The number of hydrogen-bond acceptors (Lipinski definition) is 8. The predicted octanol–water partition coefficient (Wildman–Crippen LogP) is 6.38. The number of nitro benzene ring substituents is 1. The molecular formula is C24H16BrCl2N3O7S. The molecule has 0 fully saturated rings. The molecule has 10 nitrogen and oxygen atoms in total. The molecule has 0 aliphatic carbocycles. The quantitative estimate of drug-likeness (QED) is 0.0931. The number of hydrogen-bond donors (Lipinski definition) is 1. The molecule has 0 heterocycles. The van der Waals surface area contributed by atoms with Crippen LogP contribution in [-0.2, 0) is 14.9 Å². The second kappa shape index (κ2) is 12.3.